The van der Waals surface area contributed by atoms with E-state index >= 15 is 0 Å². The van der Waals surface area contributed by atoms with Gasteiger partial charge in [0.05, 0.1) is 0 Å². The van der Waals surface area contributed by atoms with Crippen molar-refractivity contribution in [3.8, 4) is 11.5 Å². The molecular formula is C15H16O5. The largest absolute Gasteiger partial charge is 0.507 e. The van der Waals surface area contributed by atoms with E-state index in [-0.39, 0.29) is 35.7 Å². The summed E-state index contributed by atoms with van der Waals surface area (Å²) in [7, 11) is 0. The van der Waals surface area contributed by atoms with Gasteiger partial charge in [-0.25, -0.2) is 0 Å². The normalized spacial score (nSPS) is 16.8. The highest BCUT2D eigenvalue weighted by atomic mass is 16.5. The molecule has 106 valence electrons. The molecule has 5 heteroatoms. The van der Waals surface area contributed by atoms with Crippen LogP contribution in [0, 0.1) is 0 Å². The maximum absolute atomic E-state index is 12.0. The van der Waals surface area contributed by atoms with Gasteiger partial charge in [0, 0.05) is 12.8 Å². The van der Waals surface area contributed by atoms with E-state index in [1.807, 2.05) is 0 Å². The molecule has 0 spiro atoms. The van der Waals surface area contributed by atoms with Gasteiger partial charge in [0.25, 0.3) is 0 Å². The van der Waals surface area contributed by atoms with Crippen LogP contribution in [0.2, 0.25) is 0 Å². The minimum atomic E-state index is -1.82. The number of ketones is 1. The highest BCUT2D eigenvalue weighted by molar-refractivity contribution is 6.01. The fraction of sp³-hybridized carbons (Fsp3) is 0.267. The number of benzene rings is 1. The van der Waals surface area contributed by atoms with Gasteiger partial charge in [0.2, 0.25) is 0 Å². The molecule has 1 aliphatic carbocycles. The van der Waals surface area contributed by atoms with Crippen molar-refractivity contribution < 1.29 is 25.2 Å². The van der Waals surface area contributed by atoms with Gasteiger partial charge in [-0.05, 0) is 24.6 Å². The Kier molecular flexibility index (Phi) is 3.92. The van der Waals surface area contributed by atoms with Crippen molar-refractivity contribution in [2.24, 2.45) is 0 Å². The number of Topliss-reactive ketones (excluding diaryl/α,β-unsaturated/α-hetero) is 1. The highest BCUT2D eigenvalue weighted by Crippen LogP contribution is 2.29. The van der Waals surface area contributed by atoms with Gasteiger partial charge in [-0.2, -0.15) is 0 Å². The van der Waals surface area contributed by atoms with Crippen LogP contribution in [-0.4, -0.2) is 32.0 Å². The molecule has 4 N–H and O–H groups in total. The maximum atomic E-state index is 12.0. The summed E-state index contributed by atoms with van der Waals surface area (Å²) in [5.74, 6) is -2.66. The molecule has 1 aromatic rings. The van der Waals surface area contributed by atoms with Crippen LogP contribution < -0.4 is 0 Å². The molecule has 0 aliphatic heterocycles. The minimum absolute atomic E-state index is 0.0773. The summed E-state index contributed by atoms with van der Waals surface area (Å²) in [6, 6.07) is 4.15. The minimum Gasteiger partial charge on any atom is -0.507 e. The van der Waals surface area contributed by atoms with Crippen LogP contribution in [0.5, 0.6) is 11.5 Å². The zero-order valence-corrected chi connectivity index (χ0v) is 10.8. The first-order valence-corrected chi connectivity index (χ1v) is 6.26. The van der Waals surface area contributed by atoms with E-state index in [2.05, 4.69) is 0 Å². The third-order valence-corrected chi connectivity index (χ3v) is 3.17. The van der Waals surface area contributed by atoms with Crippen LogP contribution in [0.25, 0.3) is 0 Å². The molecule has 2 rings (SSSR count). The van der Waals surface area contributed by atoms with Gasteiger partial charge in [-0.1, -0.05) is 23.8 Å². The second-order valence-corrected chi connectivity index (χ2v) is 4.79. The molecule has 0 bridgehead atoms. The van der Waals surface area contributed by atoms with E-state index in [0.717, 1.165) is 5.57 Å². The van der Waals surface area contributed by atoms with Gasteiger partial charge in [0.1, 0.15) is 17.1 Å². The van der Waals surface area contributed by atoms with Crippen molar-refractivity contribution in [1.82, 2.24) is 0 Å². The lowest BCUT2D eigenvalue weighted by Crippen LogP contribution is -2.25. The lowest BCUT2D eigenvalue weighted by Gasteiger charge is -2.19. The van der Waals surface area contributed by atoms with Gasteiger partial charge in [0.15, 0.2) is 11.6 Å². The zero-order valence-electron chi connectivity index (χ0n) is 10.8. The van der Waals surface area contributed by atoms with E-state index in [4.69, 9.17) is 0 Å². The SMILES string of the molecule is O=C(CCC1=CCC(O)(O)C=C1)c1c(O)cccc1O. The monoisotopic (exact) mass is 276 g/mol. The van der Waals surface area contributed by atoms with Crippen LogP contribution in [0.3, 0.4) is 0 Å². The number of hydrogen-bond donors (Lipinski definition) is 4. The molecule has 0 atom stereocenters. The van der Waals surface area contributed by atoms with E-state index in [0.29, 0.717) is 6.42 Å². The summed E-state index contributed by atoms with van der Waals surface area (Å²) in [6.07, 6.45) is 5.07. The smallest absolute Gasteiger partial charge is 0.186 e. The van der Waals surface area contributed by atoms with Crippen molar-refractivity contribution in [3.63, 3.8) is 0 Å². The Morgan fingerprint density at radius 3 is 2.40 bits per heavy atom. The van der Waals surface area contributed by atoms with E-state index < -0.39 is 5.79 Å². The summed E-state index contributed by atoms with van der Waals surface area (Å²) in [5.41, 5.74) is 0.735. The molecule has 1 aromatic carbocycles. The Hall–Kier alpha value is -2.11. The summed E-state index contributed by atoms with van der Waals surface area (Å²) in [4.78, 5) is 12.0. The summed E-state index contributed by atoms with van der Waals surface area (Å²) in [6.45, 7) is 0. The van der Waals surface area contributed by atoms with Crippen molar-refractivity contribution in [3.05, 3.63) is 47.6 Å². The van der Waals surface area contributed by atoms with Crippen LogP contribution in [0.4, 0.5) is 0 Å². The second-order valence-electron chi connectivity index (χ2n) is 4.79. The maximum Gasteiger partial charge on any atom is 0.186 e. The molecule has 5 nitrogen and oxygen atoms in total. The van der Waals surface area contributed by atoms with Gasteiger partial charge < -0.3 is 20.4 Å². The van der Waals surface area contributed by atoms with Crippen LogP contribution in [-0.2, 0) is 0 Å². The zero-order chi connectivity index (χ0) is 14.8. The molecule has 0 unspecified atom stereocenters. The number of carbonyl (C=O) groups is 1. The lowest BCUT2D eigenvalue weighted by molar-refractivity contribution is -0.115. The quantitative estimate of drug-likeness (QED) is 0.495. The van der Waals surface area contributed by atoms with E-state index in [1.165, 1.54) is 24.3 Å². The highest BCUT2D eigenvalue weighted by Gasteiger charge is 2.21. The topological polar surface area (TPSA) is 98.0 Å². The van der Waals surface area contributed by atoms with Gasteiger partial charge in [-0.15, -0.1) is 0 Å². The average molecular weight is 276 g/mol. The summed E-state index contributed by atoms with van der Waals surface area (Å²) >= 11 is 0. The van der Waals surface area contributed by atoms with Gasteiger partial charge >= 0.3 is 0 Å². The number of aliphatic hydroxyl groups is 2. The molecule has 0 aromatic heterocycles. The Morgan fingerprint density at radius 2 is 1.85 bits per heavy atom. The Bertz CT molecular complexity index is 564. The fourth-order valence-electron chi connectivity index (χ4n) is 2.04. The third kappa shape index (κ3) is 3.26. The first-order chi connectivity index (χ1) is 9.39. The molecule has 0 heterocycles. The van der Waals surface area contributed by atoms with E-state index in [1.54, 1.807) is 12.2 Å². The number of phenols is 2. The first kappa shape index (κ1) is 14.3. The Balaban J connectivity index is 2.01. The van der Waals surface area contributed by atoms with Crippen molar-refractivity contribution in [1.29, 1.82) is 0 Å². The predicted octanol–water partition coefficient (Wildman–Crippen LogP) is 1.63. The van der Waals surface area contributed by atoms with Crippen molar-refractivity contribution in [2.45, 2.75) is 25.0 Å². The standard InChI is InChI=1S/C15H16O5/c16-11-2-1-3-12(17)14(11)13(18)5-4-10-6-8-15(19,20)9-7-10/h1-3,6-8,16-17,19-20H,4-5,9H2. The molecule has 0 saturated carbocycles. The van der Waals surface area contributed by atoms with Crippen LogP contribution in [0.15, 0.2) is 42.0 Å². The third-order valence-electron chi connectivity index (χ3n) is 3.17. The number of phenolic OH excluding ortho intramolecular Hbond substituents is 2. The molecule has 0 saturated heterocycles. The van der Waals surface area contributed by atoms with Gasteiger partial charge in [-0.3, -0.25) is 4.79 Å². The average Bonchev–Trinajstić information content (AvgIpc) is 2.37. The summed E-state index contributed by atoms with van der Waals surface area (Å²) in [5, 5.41) is 37.8. The number of rotatable bonds is 4. The van der Waals surface area contributed by atoms with Crippen LogP contribution >= 0.6 is 0 Å². The van der Waals surface area contributed by atoms with Crippen LogP contribution in [0.1, 0.15) is 29.6 Å². The number of hydrogen-bond acceptors (Lipinski definition) is 5. The number of allylic oxidation sites excluding steroid dienone is 2. The van der Waals surface area contributed by atoms with Crippen molar-refractivity contribution >= 4 is 5.78 Å². The molecule has 20 heavy (non-hydrogen) atoms. The summed E-state index contributed by atoms with van der Waals surface area (Å²) < 4.78 is 0. The Labute approximate surface area is 116 Å². The number of aromatic hydroxyl groups is 2. The predicted molar refractivity (Wildman–Crippen MR) is 72.3 cm³/mol. The molecular weight excluding hydrogens is 260 g/mol. The second kappa shape index (κ2) is 5.48. The number of carbonyl (C=O) groups excluding carboxylic acids is 1. The first-order valence-electron chi connectivity index (χ1n) is 6.26. The molecule has 0 fully saturated rings. The fourth-order valence-corrected chi connectivity index (χ4v) is 2.04. The van der Waals surface area contributed by atoms with E-state index in [9.17, 15) is 25.2 Å². The lowest BCUT2D eigenvalue weighted by atomic mass is 9.96. The molecule has 0 radical (unpaired) electrons. The van der Waals surface area contributed by atoms with Crippen molar-refractivity contribution in [2.75, 3.05) is 0 Å². The Morgan fingerprint density at radius 1 is 1.20 bits per heavy atom. The molecule has 1 aliphatic rings. The molecule has 0 amide bonds.